The van der Waals surface area contributed by atoms with Gasteiger partial charge in [-0.2, -0.15) is 11.8 Å². The van der Waals surface area contributed by atoms with Gasteiger partial charge in [-0.15, -0.1) is 0 Å². The summed E-state index contributed by atoms with van der Waals surface area (Å²) < 4.78 is 12.9. The highest BCUT2D eigenvalue weighted by molar-refractivity contribution is 7.99. The Morgan fingerprint density at radius 2 is 2.35 bits per heavy atom. The van der Waals surface area contributed by atoms with E-state index in [4.69, 9.17) is 0 Å². The first-order valence-corrected chi connectivity index (χ1v) is 7.47. The molecule has 0 amide bonds. The van der Waals surface area contributed by atoms with Crippen molar-refractivity contribution in [3.05, 3.63) is 35.1 Å². The summed E-state index contributed by atoms with van der Waals surface area (Å²) in [6.45, 7) is 2.98. The van der Waals surface area contributed by atoms with Crippen molar-refractivity contribution >= 4 is 11.8 Å². The van der Waals surface area contributed by atoms with Gasteiger partial charge in [0.05, 0.1) is 0 Å². The van der Waals surface area contributed by atoms with Gasteiger partial charge in [-0.3, -0.25) is 0 Å². The molecular weight excluding hydrogens is 233 g/mol. The van der Waals surface area contributed by atoms with Crippen LogP contribution >= 0.6 is 11.8 Å². The lowest BCUT2D eigenvalue weighted by atomic mass is 10.1. The van der Waals surface area contributed by atoms with E-state index in [9.17, 15) is 4.39 Å². The van der Waals surface area contributed by atoms with Crippen LogP contribution in [0, 0.1) is 12.7 Å². The fourth-order valence-corrected chi connectivity index (χ4v) is 3.36. The molecule has 1 atom stereocenters. The van der Waals surface area contributed by atoms with E-state index in [-0.39, 0.29) is 5.82 Å². The van der Waals surface area contributed by atoms with Crippen molar-refractivity contribution in [2.24, 2.45) is 0 Å². The fourth-order valence-electron chi connectivity index (χ4n) is 2.25. The van der Waals surface area contributed by atoms with Crippen LogP contribution in [0.1, 0.15) is 24.0 Å². The molecular formula is C14H20FNS. The van der Waals surface area contributed by atoms with E-state index < -0.39 is 0 Å². The molecule has 1 fully saturated rings. The van der Waals surface area contributed by atoms with Gasteiger partial charge in [0.25, 0.3) is 0 Å². The van der Waals surface area contributed by atoms with E-state index in [1.807, 2.05) is 24.8 Å². The number of hydrogen-bond donors (Lipinski definition) is 1. The summed E-state index contributed by atoms with van der Waals surface area (Å²) in [5.74, 6) is 2.42. The van der Waals surface area contributed by atoms with Gasteiger partial charge in [0.1, 0.15) is 5.82 Å². The van der Waals surface area contributed by atoms with Crippen molar-refractivity contribution in [2.75, 3.05) is 18.1 Å². The maximum absolute atomic E-state index is 12.9. The molecule has 0 aliphatic carbocycles. The van der Waals surface area contributed by atoms with Crippen LogP contribution in [0.5, 0.6) is 0 Å². The van der Waals surface area contributed by atoms with E-state index in [1.54, 1.807) is 12.1 Å². The van der Waals surface area contributed by atoms with Crippen molar-refractivity contribution < 1.29 is 4.39 Å². The first kappa shape index (κ1) is 12.9. The van der Waals surface area contributed by atoms with Gasteiger partial charge in [0, 0.05) is 11.8 Å². The Morgan fingerprint density at radius 1 is 1.47 bits per heavy atom. The van der Waals surface area contributed by atoms with Gasteiger partial charge in [-0.25, -0.2) is 4.39 Å². The van der Waals surface area contributed by atoms with Gasteiger partial charge >= 0.3 is 0 Å². The monoisotopic (exact) mass is 253 g/mol. The van der Waals surface area contributed by atoms with E-state index in [2.05, 4.69) is 5.32 Å². The molecule has 1 aromatic rings. The number of rotatable bonds is 4. The summed E-state index contributed by atoms with van der Waals surface area (Å²) in [6, 6.07) is 5.75. The molecule has 3 heteroatoms. The second-order valence-electron chi connectivity index (χ2n) is 4.69. The number of nitrogens with one attached hydrogen (secondary N) is 1. The third-order valence-corrected chi connectivity index (χ3v) is 4.51. The number of halogens is 1. The SMILES string of the molecule is Cc1cc(F)ccc1CCNC1CCCSC1. The van der Waals surface area contributed by atoms with Crippen LogP contribution in [-0.4, -0.2) is 24.1 Å². The lowest BCUT2D eigenvalue weighted by Crippen LogP contribution is -2.35. The number of thioether (sulfide) groups is 1. The molecule has 94 valence electrons. The Kier molecular flexibility index (Phi) is 4.86. The third kappa shape index (κ3) is 4.00. The minimum absolute atomic E-state index is 0.136. The van der Waals surface area contributed by atoms with Crippen molar-refractivity contribution in [3.63, 3.8) is 0 Å². The fraction of sp³-hybridized carbons (Fsp3) is 0.571. The summed E-state index contributed by atoms with van der Waals surface area (Å²) >= 11 is 2.04. The predicted molar refractivity (Wildman–Crippen MR) is 73.2 cm³/mol. The highest BCUT2D eigenvalue weighted by atomic mass is 32.2. The maximum atomic E-state index is 12.9. The van der Waals surface area contributed by atoms with Crippen LogP contribution in [0.4, 0.5) is 4.39 Å². The van der Waals surface area contributed by atoms with E-state index >= 15 is 0 Å². The van der Waals surface area contributed by atoms with Gasteiger partial charge in [0.15, 0.2) is 0 Å². The zero-order valence-electron chi connectivity index (χ0n) is 10.3. The Hall–Kier alpha value is -0.540. The van der Waals surface area contributed by atoms with Crippen LogP contribution in [0.2, 0.25) is 0 Å². The minimum atomic E-state index is -0.136. The zero-order valence-corrected chi connectivity index (χ0v) is 11.2. The zero-order chi connectivity index (χ0) is 12.1. The summed E-state index contributed by atoms with van der Waals surface area (Å²) in [5.41, 5.74) is 2.31. The van der Waals surface area contributed by atoms with Gasteiger partial charge in [-0.05, 0) is 61.7 Å². The Balaban J connectivity index is 1.77. The molecule has 2 rings (SSSR count). The predicted octanol–water partition coefficient (Wildman–Crippen LogP) is 3.16. The molecule has 0 spiro atoms. The average molecular weight is 253 g/mol. The second-order valence-corrected chi connectivity index (χ2v) is 5.84. The van der Waals surface area contributed by atoms with Gasteiger partial charge < -0.3 is 5.32 Å². The molecule has 0 bridgehead atoms. The Morgan fingerprint density at radius 3 is 3.06 bits per heavy atom. The largest absolute Gasteiger partial charge is 0.313 e. The van der Waals surface area contributed by atoms with Crippen molar-refractivity contribution in [1.29, 1.82) is 0 Å². The van der Waals surface area contributed by atoms with E-state index in [1.165, 1.54) is 29.9 Å². The Bertz CT molecular complexity index is 361. The number of hydrogen-bond acceptors (Lipinski definition) is 2. The normalized spacial score (nSPS) is 20.5. The number of aryl methyl sites for hydroxylation is 1. The van der Waals surface area contributed by atoms with Crippen LogP contribution < -0.4 is 5.32 Å². The molecule has 1 heterocycles. The van der Waals surface area contributed by atoms with Crippen molar-refractivity contribution in [2.45, 2.75) is 32.2 Å². The molecule has 1 nitrogen and oxygen atoms in total. The summed E-state index contributed by atoms with van der Waals surface area (Å²) in [6.07, 6.45) is 3.63. The molecule has 1 saturated heterocycles. The van der Waals surface area contributed by atoms with Crippen molar-refractivity contribution in [1.82, 2.24) is 5.32 Å². The average Bonchev–Trinajstić information content (AvgIpc) is 2.33. The van der Waals surface area contributed by atoms with Crippen LogP contribution in [0.3, 0.4) is 0 Å². The smallest absolute Gasteiger partial charge is 0.123 e. The topological polar surface area (TPSA) is 12.0 Å². The number of benzene rings is 1. The molecule has 1 aliphatic rings. The Labute approximate surface area is 107 Å². The second kappa shape index (κ2) is 6.41. The molecule has 1 aliphatic heterocycles. The highest BCUT2D eigenvalue weighted by Gasteiger charge is 2.12. The van der Waals surface area contributed by atoms with E-state index in [0.717, 1.165) is 18.5 Å². The van der Waals surface area contributed by atoms with Gasteiger partial charge in [-0.1, -0.05) is 6.07 Å². The van der Waals surface area contributed by atoms with Crippen LogP contribution in [0.15, 0.2) is 18.2 Å². The lowest BCUT2D eigenvalue weighted by Gasteiger charge is -2.22. The standard InChI is InChI=1S/C14H20FNS/c1-11-9-13(15)5-4-12(11)6-7-16-14-3-2-8-17-10-14/h4-5,9,14,16H,2-3,6-8,10H2,1H3. The highest BCUT2D eigenvalue weighted by Crippen LogP contribution is 2.17. The lowest BCUT2D eigenvalue weighted by molar-refractivity contribution is 0.510. The third-order valence-electron chi connectivity index (χ3n) is 3.29. The minimum Gasteiger partial charge on any atom is -0.313 e. The molecule has 1 N–H and O–H groups in total. The quantitative estimate of drug-likeness (QED) is 0.884. The van der Waals surface area contributed by atoms with E-state index in [0.29, 0.717) is 6.04 Å². The molecule has 1 aromatic carbocycles. The molecule has 1 unspecified atom stereocenters. The van der Waals surface area contributed by atoms with Gasteiger partial charge in [0.2, 0.25) is 0 Å². The summed E-state index contributed by atoms with van der Waals surface area (Å²) in [7, 11) is 0. The van der Waals surface area contributed by atoms with Crippen LogP contribution in [0.25, 0.3) is 0 Å². The maximum Gasteiger partial charge on any atom is 0.123 e. The summed E-state index contributed by atoms with van der Waals surface area (Å²) in [5, 5.41) is 3.60. The molecule has 0 saturated carbocycles. The molecule has 17 heavy (non-hydrogen) atoms. The first-order chi connectivity index (χ1) is 8.25. The molecule has 0 aromatic heterocycles. The first-order valence-electron chi connectivity index (χ1n) is 6.32. The summed E-state index contributed by atoms with van der Waals surface area (Å²) in [4.78, 5) is 0. The molecule has 0 radical (unpaired) electrons. The van der Waals surface area contributed by atoms with Crippen LogP contribution in [-0.2, 0) is 6.42 Å². The van der Waals surface area contributed by atoms with Crippen molar-refractivity contribution in [3.8, 4) is 0 Å².